The number of nitrogens with zero attached hydrogens (tertiary/aromatic N) is 2. The van der Waals surface area contributed by atoms with Gasteiger partial charge in [0.2, 0.25) is 0 Å². The molecule has 1 aliphatic rings. The van der Waals surface area contributed by atoms with Gasteiger partial charge in [0, 0.05) is 5.69 Å². The molecule has 0 radical (unpaired) electrons. The predicted molar refractivity (Wildman–Crippen MR) is 86.9 cm³/mol. The molecular weight excluding hydrogens is 311 g/mol. The van der Waals surface area contributed by atoms with E-state index in [9.17, 15) is 19.1 Å². The van der Waals surface area contributed by atoms with Crippen LogP contribution in [0.15, 0.2) is 54.6 Å². The normalized spacial score (nSPS) is 19.0. The Hall–Kier alpha value is -2.73. The molecule has 2 atom stereocenters. The molecule has 1 N–H and O–H groups in total. The minimum absolute atomic E-state index is 0.121. The first-order valence-electron chi connectivity index (χ1n) is 7.62. The molecule has 124 valence electrons. The fourth-order valence-electron chi connectivity index (χ4n) is 2.78. The van der Waals surface area contributed by atoms with Crippen LogP contribution in [-0.4, -0.2) is 34.5 Å². The van der Waals surface area contributed by atoms with E-state index in [0.29, 0.717) is 11.3 Å². The zero-order valence-corrected chi connectivity index (χ0v) is 13.1. The Morgan fingerprint density at radius 2 is 1.71 bits per heavy atom. The molecule has 1 heterocycles. The molecule has 3 rings (SSSR count). The van der Waals surface area contributed by atoms with Crippen molar-refractivity contribution in [1.82, 2.24) is 4.90 Å². The average molecular weight is 328 g/mol. The molecule has 0 aromatic heterocycles. The molecule has 0 aliphatic carbocycles. The largest absolute Gasteiger partial charge is 0.387 e. The Kier molecular flexibility index (Phi) is 4.31. The number of β-amino-alcohol motifs (C(OH)–C–C–N with tert-alkyl or cyclic N) is 1. The zero-order chi connectivity index (χ0) is 17.3. The number of rotatable bonds is 4. The molecule has 2 aromatic rings. The van der Waals surface area contributed by atoms with Crippen molar-refractivity contribution < 1.29 is 19.1 Å². The Morgan fingerprint density at radius 1 is 1.08 bits per heavy atom. The number of halogens is 1. The van der Waals surface area contributed by atoms with Crippen molar-refractivity contribution >= 4 is 17.6 Å². The van der Waals surface area contributed by atoms with Crippen molar-refractivity contribution in [2.45, 2.75) is 19.1 Å². The topological polar surface area (TPSA) is 60.9 Å². The number of benzene rings is 2. The number of aliphatic hydroxyl groups excluding tert-OH is 1. The van der Waals surface area contributed by atoms with Gasteiger partial charge in [-0.15, -0.1) is 0 Å². The molecule has 5 nitrogen and oxygen atoms in total. The van der Waals surface area contributed by atoms with E-state index in [2.05, 4.69) is 0 Å². The highest BCUT2D eigenvalue weighted by Gasteiger charge is 2.43. The van der Waals surface area contributed by atoms with Gasteiger partial charge in [0.05, 0.1) is 12.6 Å². The SMILES string of the molecule is C[C@H]1C(=O)N(C[C@@H](O)c2ccccc2)C(=O)N1c1ccc(F)cc1. The third kappa shape index (κ3) is 2.88. The Morgan fingerprint density at radius 3 is 2.33 bits per heavy atom. The highest BCUT2D eigenvalue weighted by molar-refractivity contribution is 6.14. The minimum Gasteiger partial charge on any atom is -0.387 e. The number of anilines is 1. The van der Waals surface area contributed by atoms with Gasteiger partial charge < -0.3 is 5.11 Å². The van der Waals surface area contributed by atoms with Gasteiger partial charge in [-0.05, 0) is 36.8 Å². The Labute approximate surface area is 138 Å². The lowest BCUT2D eigenvalue weighted by Crippen LogP contribution is -2.36. The van der Waals surface area contributed by atoms with Gasteiger partial charge in [0.25, 0.3) is 5.91 Å². The number of carbonyl (C=O) groups is 2. The van der Waals surface area contributed by atoms with Crippen LogP contribution in [0.4, 0.5) is 14.9 Å². The molecule has 0 spiro atoms. The molecule has 1 saturated heterocycles. The molecule has 1 aliphatic heterocycles. The Balaban J connectivity index is 1.81. The van der Waals surface area contributed by atoms with E-state index in [0.717, 1.165) is 4.90 Å². The van der Waals surface area contributed by atoms with E-state index in [1.54, 1.807) is 31.2 Å². The number of hydrogen-bond acceptors (Lipinski definition) is 3. The number of urea groups is 1. The summed E-state index contributed by atoms with van der Waals surface area (Å²) in [6, 6.07) is 13.0. The summed E-state index contributed by atoms with van der Waals surface area (Å²) in [4.78, 5) is 27.4. The van der Waals surface area contributed by atoms with Crippen molar-refractivity contribution in [3.63, 3.8) is 0 Å². The van der Waals surface area contributed by atoms with Crippen molar-refractivity contribution in [3.8, 4) is 0 Å². The summed E-state index contributed by atoms with van der Waals surface area (Å²) in [6.45, 7) is 1.49. The lowest BCUT2D eigenvalue weighted by atomic mass is 10.1. The summed E-state index contributed by atoms with van der Waals surface area (Å²) in [6.07, 6.45) is -0.959. The second-order valence-electron chi connectivity index (χ2n) is 5.68. The van der Waals surface area contributed by atoms with Crippen LogP contribution in [0.2, 0.25) is 0 Å². The maximum atomic E-state index is 13.1. The fourth-order valence-corrected chi connectivity index (χ4v) is 2.78. The molecule has 0 unspecified atom stereocenters. The standard InChI is InChI=1S/C18H17FN2O3/c1-12-17(23)20(11-16(22)13-5-3-2-4-6-13)18(24)21(12)15-9-7-14(19)8-10-15/h2-10,12,16,22H,11H2,1H3/t12-,16+/m0/s1. The molecule has 24 heavy (non-hydrogen) atoms. The van der Waals surface area contributed by atoms with Crippen LogP contribution in [0.3, 0.4) is 0 Å². The smallest absolute Gasteiger partial charge is 0.332 e. The summed E-state index contributed by atoms with van der Waals surface area (Å²) in [5, 5.41) is 10.3. The van der Waals surface area contributed by atoms with Crippen LogP contribution in [0.5, 0.6) is 0 Å². The molecule has 0 bridgehead atoms. The maximum absolute atomic E-state index is 13.1. The molecule has 2 aromatic carbocycles. The van der Waals surface area contributed by atoms with Crippen LogP contribution in [0.25, 0.3) is 0 Å². The minimum atomic E-state index is -0.959. The van der Waals surface area contributed by atoms with E-state index in [4.69, 9.17) is 0 Å². The van der Waals surface area contributed by atoms with Crippen LogP contribution >= 0.6 is 0 Å². The number of carbonyl (C=O) groups excluding carboxylic acids is 2. The van der Waals surface area contributed by atoms with Crippen molar-refractivity contribution in [2.24, 2.45) is 0 Å². The number of hydrogen-bond donors (Lipinski definition) is 1. The first-order chi connectivity index (χ1) is 11.5. The van der Waals surface area contributed by atoms with E-state index in [-0.39, 0.29) is 12.5 Å². The van der Waals surface area contributed by atoms with Crippen LogP contribution in [0, 0.1) is 5.82 Å². The second-order valence-corrected chi connectivity index (χ2v) is 5.68. The van der Waals surface area contributed by atoms with Crippen molar-refractivity contribution in [2.75, 3.05) is 11.4 Å². The molecular formula is C18H17FN2O3. The van der Waals surface area contributed by atoms with Gasteiger partial charge >= 0.3 is 6.03 Å². The molecule has 1 fully saturated rings. The highest BCUT2D eigenvalue weighted by Crippen LogP contribution is 2.27. The lowest BCUT2D eigenvalue weighted by Gasteiger charge is -2.20. The molecule has 0 saturated carbocycles. The number of amides is 3. The third-order valence-electron chi connectivity index (χ3n) is 4.09. The maximum Gasteiger partial charge on any atom is 0.332 e. The molecule has 3 amide bonds. The van der Waals surface area contributed by atoms with Crippen molar-refractivity contribution in [3.05, 3.63) is 66.0 Å². The van der Waals surface area contributed by atoms with Crippen LogP contribution in [0.1, 0.15) is 18.6 Å². The van der Waals surface area contributed by atoms with Crippen LogP contribution < -0.4 is 4.90 Å². The lowest BCUT2D eigenvalue weighted by molar-refractivity contribution is -0.127. The van der Waals surface area contributed by atoms with Crippen LogP contribution in [-0.2, 0) is 4.79 Å². The van der Waals surface area contributed by atoms with E-state index < -0.39 is 24.0 Å². The van der Waals surface area contributed by atoms with E-state index >= 15 is 0 Å². The predicted octanol–water partition coefficient (Wildman–Crippen LogP) is 2.72. The summed E-state index contributed by atoms with van der Waals surface area (Å²) < 4.78 is 13.1. The van der Waals surface area contributed by atoms with Gasteiger partial charge in [-0.25, -0.2) is 9.18 Å². The monoisotopic (exact) mass is 328 g/mol. The van der Waals surface area contributed by atoms with Gasteiger partial charge in [0.15, 0.2) is 0 Å². The van der Waals surface area contributed by atoms with Gasteiger partial charge in [-0.1, -0.05) is 30.3 Å². The quantitative estimate of drug-likeness (QED) is 0.878. The average Bonchev–Trinajstić information content (AvgIpc) is 2.80. The summed E-state index contributed by atoms with van der Waals surface area (Å²) in [5.74, 6) is -0.806. The summed E-state index contributed by atoms with van der Waals surface area (Å²) in [5.41, 5.74) is 1.07. The van der Waals surface area contributed by atoms with Crippen molar-refractivity contribution in [1.29, 1.82) is 0 Å². The first-order valence-corrected chi connectivity index (χ1v) is 7.62. The fraction of sp³-hybridized carbons (Fsp3) is 0.222. The van der Waals surface area contributed by atoms with E-state index in [1.807, 2.05) is 6.07 Å². The summed E-state index contributed by atoms with van der Waals surface area (Å²) in [7, 11) is 0. The zero-order valence-electron chi connectivity index (χ0n) is 13.1. The third-order valence-corrected chi connectivity index (χ3v) is 4.09. The van der Waals surface area contributed by atoms with Gasteiger partial charge in [-0.2, -0.15) is 0 Å². The number of aliphatic hydroxyl groups is 1. The van der Waals surface area contributed by atoms with Gasteiger partial charge in [-0.3, -0.25) is 14.6 Å². The van der Waals surface area contributed by atoms with E-state index in [1.165, 1.54) is 29.2 Å². The highest BCUT2D eigenvalue weighted by atomic mass is 19.1. The second kappa shape index (κ2) is 6.41. The molecule has 6 heteroatoms. The first kappa shape index (κ1) is 16.1. The summed E-state index contributed by atoms with van der Waals surface area (Å²) >= 11 is 0. The van der Waals surface area contributed by atoms with Gasteiger partial charge in [0.1, 0.15) is 11.9 Å². The Bertz CT molecular complexity index is 749. The number of imide groups is 1.